The fourth-order valence-electron chi connectivity index (χ4n) is 2.64. The molecular formula is C18H21N7O. The number of benzene rings is 1. The lowest BCUT2D eigenvalue weighted by molar-refractivity contribution is 0.0937. The van der Waals surface area contributed by atoms with Gasteiger partial charge in [0.15, 0.2) is 0 Å². The van der Waals surface area contributed by atoms with Gasteiger partial charge in [0.05, 0.1) is 6.04 Å². The molecule has 1 aromatic carbocycles. The number of carbonyl (C=O) groups is 1. The number of hydrogen-bond acceptors (Lipinski definition) is 6. The molecule has 2 heterocycles. The van der Waals surface area contributed by atoms with E-state index in [2.05, 4.69) is 32.3 Å². The Morgan fingerprint density at radius 3 is 2.50 bits per heavy atom. The standard InChI is InChI=1S/C18H21N7O/c1-3-8-25-16(22-11-23-25)12(2)24-17(26)14-6-4-13(5-7-14)15-9-20-18(19)21-10-15/h4-7,9-12H,3,8H2,1-2H3,(H,24,26)(H2,19,20,21)/t12-/m1/s1. The van der Waals surface area contributed by atoms with Crippen molar-refractivity contribution >= 4 is 11.9 Å². The SMILES string of the molecule is CCCn1ncnc1[C@@H](C)NC(=O)c1ccc(-c2cnc(N)nc2)cc1. The van der Waals surface area contributed by atoms with Crippen LogP contribution in [0.4, 0.5) is 5.95 Å². The van der Waals surface area contributed by atoms with Gasteiger partial charge in [0.1, 0.15) is 12.2 Å². The van der Waals surface area contributed by atoms with E-state index in [1.165, 1.54) is 6.33 Å². The van der Waals surface area contributed by atoms with Gasteiger partial charge in [-0.3, -0.25) is 4.79 Å². The average molecular weight is 351 g/mol. The Hall–Kier alpha value is -3.29. The molecule has 0 spiro atoms. The van der Waals surface area contributed by atoms with Crippen LogP contribution in [0, 0.1) is 0 Å². The summed E-state index contributed by atoms with van der Waals surface area (Å²) < 4.78 is 1.81. The number of nitrogens with one attached hydrogen (secondary N) is 1. The van der Waals surface area contributed by atoms with E-state index >= 15 is 0 Å². The van der Waals surface area contributed by atoms with E-state index in [0.29, 0.717) is 5.56 Å². The van der Waals surface area contributed by atoms with Gasteiger partial charge in [-0.1, -0.05) is 19.1 Å². The minimum absolute atomic E-state index is 0.163. The molecule has 0 aliphatic carbocycles. The number of rotatable bonds is 6. The highest BCUT2D eigenvalue weighted by molar-refractivity contribution is 5.94. The van der Waals surface area contributed by atoms with Crippen LogP contribution in [0.5, 0.6) is 0 Å². The Morgan fingerprint density at radius 1 is 1.15 bits per heavy atom. The van der Waals surface area contributed by atoms with Gasteiger partial charge in [-0.25, -0.2) is 19.6 Å². The van der Waals surface area contributed by atoms with Gasteiger partial charge in [0, 0.05) is 30.1 Å². The zero-order valence-electron chi connectivity index (χ0n) is 14.8. The first-order chi connectivity index (χ1) is 12.6. The number of carbonyl (C=O) groups excluding carboxylic acids is 1. The highest BCUT2D eigenvalue weighted by Gasteiger charge is 2.16. The van der Waals surface area contributed by atoms with Crippen LogP contribution in [0.15, 0.2) is 43.0 Å². The zero-order valence-corrected chi connectivity index (χ0v) is 14.8. The zero-order chi connectivity index (χ0) is 18.5. The molecule has 134 valence electrons. The quantitative estimate of drug-likeness (QED) is 0.704. The van der Waals surface area contributed by atoms with Crippen LogP contribution < -0.4 is 11.1 Å². The number of hydrogen-bond donors (Lipinski definition) is 2. The Labute approximate surface area is 151 Å². The highest BCUT2D eigenvalue weighted by Crippen LogP contribution is 2.19. The summed E-state index contributed by atoms with van der Waals surface area (Å²) in [5, 5.41) is 7.15. The minimum atomic E-state index is -0.235. The van der Waals surface area contributed by atoms with Gasteiger partial charge in [0.2, 0.25) is 5.95 Å². The maximum atomic E-state index is 12.5. The second kappa shape index (κ2) is 7.73. The minimum Gasteiger partial charge on any atom is -0.368 e. The van der Waals surface area contributed by atoms with E-state index in [0.717, 1.165) is 29.9 Å². The number of aromatic nitrogens is 5. The maximum absolute atomic E-state index is 12.5. The van der Waals surface area contributed by atoms with Crippen LogP contribution in [0.3, 0.4) is 0 Å². The van der Waals surface area contributed by atoms with E-state index in [1.54, 1.807) is 24.5 Å². The van der Waals surface area contributed by atoms with Crippen LogP contribution in [0.2, 0.25) is 0 Å². The topological polar surface area (TPSA) is 112 Å². The van der Waals surface area contributed by atoms with Crippen LogP contribution >= 0.6 is 0 Å². The summed E-state index contributed by atoms with van der Waals surface area (Å²) in [6, 6.07) is 7.01. The normalized spacial score (nSPS) is 11.9. The average Bonchev–Trinajstić information content (AvgIpc) is 3.11. The molecule has 0 bridgehead atoms. The summed E-state index contributed by atoms with van der Waals surface area (Å²) >= 11 is 0. The maximum Gasteiger partial charge on any atom is 0.251 e. The second-order valence-electron chi connectivity index (χ2n) is 5.94. The molecule has 1 amide bonds. The number of aryl methyl sites for hydroxylation is 1. The first-order valence-corrected chi connectivity index (χ1v) is 8.45. The van der Waals surface area contributed by atoms with Gasteiger partial charge in [-0.2, -0.15) is 5.10 Å². The Balaban J connectivity index is 1.70. The van der Waals surface area contributed by atoms with Crippen LogP contribution in [0.25, 0.3) is 11.1 Å². The fourth-order valence-corrected chi connectivity index (χ4v) is 2.64. The number of nitrogen functional groups attached to an aromatic ring is 1. The lowest BCUT2D eigenvalue weighted by Gasteiger charge is -2.14. The smallest absolute Gasteiger partial charge is 0.251 e. The molecule has 0 radical (unpaired) electrons. The predicted octanol–water partition coefficient (Wildman–Crippen LogP) is 2.22. The molecule has 8 heteroatoms. The van der Waals surface area contributed by atoms with Crippen molar-refractivity contribution in [2.75, 3.05) is 5.73 Å². The Kier molecular flexibility index (Phi) is 5.21. The first kappa shape index (κ1) is 17.5. The summed E-state index contributed by atoms with van der Waals surface area (Å²) in [6.07, 6.45) is 5.77. The van der Waals surface area contributed by atoms with E-state index in [1.807, 2.05) is 23.7 Å². The molecule has 0 aliphatic rings. The van der Waals surface area contributed by atoms with Crippen molar-refractivity contribution in [2.24, 2.45) is 0 Å². The van der Waals surface area contributed by atoms with Crippen LogP contribution in [0.1, 0.15) is 42.5 Å². The monoisotopic (exact) mass is 351 g/mol. The third-order valence-corrected chi connectivity index (χ3v) is 3.97. The van der Waals surface area contributed by atoms with Crippen molar-refractivity contribution in [2.45, 2.75) is 32.9 Å². The molecule has 3 N–H and O–H groups in total. The van der Waals surface area contributed by atoms with Crippen molar-refractivity contribution in [3.05, 3.63) is 54.4 Å². The number of anilines is 1. The van der Waals surface area contributed by atoms with Gasteiger partial charge in [0.25, 0.3) is 5.91 Å². The van der Waals surface area contributed by atoms with E-state index < -0.39 is 0 Å². The Morgan fingerprint density at radius 2 is 1.85 bits per heavy atom. The second-order valence-corrected chi connectivity index (χ2v) is 5.94. The summed E-state index contributed by atoms with van der Waals surface area (Å²) in [4.78, 5) is 24.7. The lowest BCUT2D eigenvalue weighted by atomic mass is 10.1. The van der Waals surface area contributed by atoms with Crippen molar-refractivity contribution in [3.63, 3.8) is 0 Å². The van der Waals surface area contributed by atoms with Crippen LogP contribution in [-0.2, 0) is 6.54 Å². The lowest BCUT2D eigenvalue weighted by Crippen LogP contribution is -2.29. The molecule has 26 heavy (non-hydrogen) atoms. The molecule has 0 unspecified atom stereocenters. The summed E-state index contributed by atoms with van der Waals surface area (Å²) in [5.41, 5.74) is 7.82. The molecular weight excluding hydrogens is 330 g/mol. The van der Waals surface area contributed by atoms with Gasteiger partial charge in [-0.05, 0) is 31.0 Å². The predicted molar refractivity (Wildman–Crippen MR) is 98.1 cm³/mol. The molecule has 0 saturated carbocycles. The molecule has 8 nitrogen and oxygen atoms in total. The van der Waals surface area contributed by atoms with E-state index in [4.69, 9.17) is 5.73 Å². The summed E-state index contributed by atoms with van der Waals surface area (Å²) in [6.45, 7) is 4.74. The van der Waals surface area contributed by atoms with Crippen molar-refractivity contribution < 1.29 is 4.79 Å². The Bertz CT molecular complexity index is 871. The molecule has 0 fully saturated rings. The molecule has 3 aromatic rings. The van der Waals surface area contributed by atoms with E-state index in [-0.39, 0.29) is 17.9 Å². The third-order valence-electron chi connectivity index (χ3n) is 3.97. The molecule has 3 rings (SSSR count). The van der Waals surface area contributed by atoms with Crippen molar-refractivity contribution in [1.29, 1.82) is 0 Å². The third kappa shape index (κ3) is 3.85. The summed E-state index contributed by atoms with van der Waals surface area (Å²) in [7, 11) is 0. The van der Waals surface area contributed by atoms with Gasteiger partial charge in [-0.15, -0.1) is 0 Å². The van der Waals surface area contributed by atoms with Crippen LogP contribution in [-0.4, -0.2) is 30.6 Å². The summed E-state index contributed by atoms with van der Waals surface area (Å²) in [5.74, 6) is 0.814. The largest absolute Gasteiger partial charge is 0.368 e. The first-order valence-electron chi connectivity index (χ1n) is 8.45. The number of amides is 1. The number of nitrogens with zero attached hydrogens (tertiary/aromatic N) is 5. The number of nitrogens with two attached hydrogens (primary N) is 1. The molecule has 1 atom stereocenters. The van der Waals surface area contributed by atoms with E-state index in [9.17, 15) is 4.79 Å². The van der Waals surface area contributed by atoms with Crippen molar-refractivity contribution in [1.82, 2.24) is 30.0 Å². The molecule has 0 saturated heterocycles. The van der Waals surface area contributed by atoms with Gasteiger partial charge >= 0.3 is 0 Å². The highest BCUT2D eigenvalue weighted by atomic mass is 16.1. The molecule has 2 aromatic heterocycles. The molecule has 0 aliphatic heterocycles. The fraction of sp³-hybridized carbons (Fsp3) is 0.278. The van der Waals surface area contributed by atoms with Crippen molar-refractivity contribution in [3.8, 4) is 11.1 Å². The van der Waals surface area contributed by atoms with Gasteiger partial charge < -0.3 is 11.1 Å².